The molecule has 1 aromatic heterocycles. The Balaban J connectivity index is 2.14. The second-order valence-corrected chi connectivity index (χ2v) is 4.22. The van der Waals surface area contributed by atoms with Crippen LogP contribution in [0.2, 0.25) is 0 Å². The summed E-state index contributed by atoms with van der Waals surface area (Å²) >= 11 is 0. The molecule has 0 unspecified atom stereocenters. The third kappa shape index (κ3) is 2.75. The van der Waals surface area contributed by atoms with Crippen LogP contribution in [-0.4, -0.2) is 24.9 Å². The van der Waals surface area contributed by atoms with Crippen molar-refractivity contribution >= 4 is 17.7 Å². The fraction of sp³-hybridized carbons (Fsp3) is 0.214. The van der Waals surface area contributed by atoms with Crippen molar-refractivity contribution in [2.45, 2.75) is 0 Å². The normalized spacial score (nSPS) is 11.0. The fourth-order valence-corrected chi connectivity index (χ4v) is 1.59. The molecule has 0 amide bonds. The van der Waals surface area contributed by atoms with Gasteiger partial charge in [0.15, 0.2) is 0 Å². The van der Waals surface area contributed by atoms with Gasteiger partial charge in [-0.05, 0) is 29.8 Å². The smallest absolute Gasteiger partial charge is 0.132 e. The Labute approximate surface area is 102 Å². The monoisotopic (exact) mass is 227 g/mol. The zero-order valence-corrected chi connectivity index (χ0v) is 10.5. The first-order valence-electron chi connectivity index (χ1n) is 5.59. The molecule has 3 heteroatoms. The largest absolute Gasteiger partial charge is 0.378 e. The van der Waals surface area contributed by atoms with Crippen molar-refractivity contribution in [3.63, 3.8) is 0 Å². The van der Waals surface area contributed by atoms with Crippen LogP contribution >= 0.6 is 0 Å². The van der Waals surface area contributed by atoms with Crippen molar-refractivity contribution in [3.05, 3.63) is 48.2 Å². The Hall–Kier alpha value is -2.03. The van der Waals surface area contributed by atoms with Gasteiger partial charge in [-0.1, -0.05) is 12.1 Å². The third-order valence-electron chi connectivity index (χ3n) is 2.67. The molecule has 0 atom stereocenters. The maximum atomic E-state index is 4.43. The van der Waals surface area contributed by atoms with Crippen molar-refractivity contribution in [1.29, 1.82) is 0 Å². The molecule has 0 aliphatic heterocycles. The number of rotatable bonds is 3. The lowest BCUT2D eigenvalue weighted by molar-refractivity contribution is 0.927. The Morgan fingerprint density at radius 2 is 1.82 bits per heavy atom. The van der Waals surface area contributed by atoms with Crippen LogP contribution < -0.4 is 4.90 Å². The number of nitrogens with zero attached hydrogens (tertiary/aromatic N) is 3. The summed E-state index contributed by atoms with van der Waals surface area (Å²) in [5.41, 5.74) is 2.30. The molecule has 0 bridgehead atoms. The number of hydrogen-bond acceptors (Lipinski definition) is 2. The van der Waals surface area contributed by atoms with E-state index < -0.39 is 0 Å². The van der Waals surface area contributed by atoms with E-state index in [1.807, 2.05) is 50.3 Å². The molecule has 1 heterocycles. The van der Waals surface area contributed by atoms with Crippen LogP contribution in [-0.2, 0) is 7.05 Å². The number of aromatic nitrogens is 1. The summed E-state index contributed by atoms with van der Waals surface area (Å²) in [6.45, 7) is 0. The molecular weight excluding hydrogens is 210 g/mol. The van der Waals surface area contributed by atoms with Gasteiger partial charge in [0.05, 0.1) is 0 Å². The van der Waals surface area contributed by atoms with E-state index in [0.717, 1.165) is 11.4 Å². The summed E-state index contributed by atoms with van der Waals surface area (Å²) in [7, 11) is 6.06. The highest BCUT2D eigenvalue weighted by Gasteiger charge is 1.95. The SMILES string of the molecule is CN(C)c1ccc(/C=N/c2cccn2C)cc1. The molecule has 0 saturated carbocycles. The van der Waals surface area contributed by atoms with Crippen LogP contribution in [0.1, 0.15) is 5.56 Å². The van der Waals surface area contributed by atoms with Crippen LogP contribution in [0.25, 0.3) is 0 Å². The molecule has 2 rings (SSSR count). The Morgan fingerprint density at radius 3 is 2.35 bits per heavy atom. The minimum Gasteiger partial charge on any atom is -0.378 e. The summed E-state index contributed by atoms with van der Waals surface area (Å²) in [4.78, 5) is 6.52. The van der Waals surface area contributed by atoms with Crippen LogP contribution in [0, 0.1) is 0 Å². The molecule has 0 fully saturated rings. The van der Waals surface area contributed by atoms with Crippen LogP contribution in [0.15, 0.2) is 47.6 Å². The quantitative estimate of drug-likeness (QED) is 0.738. The van der Waals surface area contributed by atoms with Crippen LogP contribution in [0.5, 0.6) is 0 Å². The first-order chi connectivity index (χ1) is 8.16. The summed E-state index contributed by atoms with van der Waals surface area (Å²) in [6.07, 6.45) is 3.87. The van der Waals surface area contributed by atoms with Gasteiger partial charge in [-0.25, -0.2) is 4.99 Å². The van der Waals surface area contributed by atoms with Crippen LogP contribution in [0.3, 0.4) is 0 Å². The first-order valence-corrected chi connectivity index (χ1v) is 5.59. The van der Waals surface area contributed by atoms with E-state index in [9.17, 15) is 0 Å². The second-order valence-electron chi connectivity index (χ2n) is 4.22. The number of hydrogen-bond donors (Lipinski definition) is 0. The highest BCUT2D eigenvalue weighted by atomic mass is 15.1. The van der Waals surface area contributed by atoms with Gasteiger partial charge in [0, 0.05) is 39.2 Å². The number of benzene rings is 1. The zero-order valence-electron chi connectivity index (χ0n) is 10.5. The summed E-state index contributed by atoms with van der Waals surface area (Å²) in [6, 6.07) is 12.3. The van der Waals surface area contributed by atoms with E-state index >= 15 is 0 Å². The van der Waals surface area contributed by atoms with E-state index in [0.29, 0.717) is 0 Å². The minimum absolute atomic E-state index is 0.960. The Morgan fingerprint density at radius 1 is 1.12 bits per heavy atom. The lowest BCUT2D eigenvalue weighted by Crippen LogP contribution is -2.08. The predicted octanol–water partition coefficient (Wildman–Crippen LogP) is 2.84. The van der Waals surface area contributed by atoms with Crippen molar-refractivity contribution < 1.29 is 0 Å². The maximum Gasteiger partial charge on any atom is 0.132 e. The maximum absolute atomic E-state index is 4.43. The number of anilines is 1. The Bertz CT molecular complexity index is 507. The summed E-state index contributed by atoms with van der Waals surface area (Å²) in [5, 5.41) is 0. The van der Waals surface area contributed by atoms with Gasteiger partial charge < -0.3 is 9.47 Å². The van der Waals surface area contributed by atoms with Gasteiger partial charge in [-0.15, -0.1) is 0 Å². The van der Waals surface area contributed by atoms with Gasteiger partial charge >= 0.3 is 0 Å². The lowest BCUT2D eigenvalue weighted by atomic mass is 10.2. The van der Waals surface area contributed by atoms with Gasteiger partial charge in [0.25, 0.3) is 0 Å². The second kappa shape index (κ2) is 4.87. The van der Waals surface area contributed by atoms with Crippen LogP contribution in [0.4, 0.5) is 11.5 Å². The highest BCUT2D eigenvalue weighted by molar-refractivity contribution is 5.82. The molecule has 2 aromatic rings. The average Bonchev–Trinajstić information content (AvgIpc) is 2.73. The first kappa shape index (κ1) is 11.5. The van der Waals surface area contributed by atoms with Crippen molar-refractivity contribution in [1.82, 2.24) is 4.57 Å². The van der Waals surface area contributed by atoms with Crippen molar-refractivity contribution in [2.24, 2.45) is 12.0 Å². The van der Waals surface area contributed by atoms with E-state index in [1.54, 1.807) is 0 Å². The van der Waals surface area contributed by atoms with Gasteiger partial charge in [-0.3, -0.25) is 0 Å². The van der Waals surface area contributed by atoms with E-state index in [1.165, 1.54) is 5.69 Å². The van der Waals surface area contributed by atoms with Gasteiger partial charge in [0.1, 0.15) is 5.82 Å². The van der Waals surface area contributed by atoms with E-state index in [2.05, 4.69) is 34.2 Å². The van der Waals surface area contributed by atoms with E-state index in [4.69, 9.17) is 0 Å². The molecule has 88 valence electrons. The fourth-order valence-electron chi connectivity index (χ4n) is 1.59. The third-order valence-corrected chi connectivity index (χ3v) is 2.67. The predicted molar refractivity (Wildman–Crippen MR) is 73.4 cm³/mol. The molecule has 0 N–H and O–H groups in total. The topological polar surface area (TPSA) is 20.5 Å². The number of aryl methyl sites for hydroxylation is 1. The summed E-state index contributed by atoms with van der Waals surface area (Å²) < 4.78 is 1.99. The molecule has 3 nitrogen and oxygen atoms in total. The number of aliphatic imine (C=N–C) groups is 1. The molecule has 17 heavy (non-hydrogen) atoms. The molecule has 0 spiro atoms. The minimum atomic E-state index is 0.960. The standard InChI is InChI=1S/C14H17N3/c1-16(2)13-8-6-12(7-9-13)11-15-14-5-4-10-17(14)3/h4-11H,1-3H3/b15-11+. The summed E-state index contributed by atoms with van der Waals surface area (Å²) in [5.74, 6) is 0.960. The highest BCUT2D eigenvalue weighted by Crippen LogP contribution is 2.13. The zero-order chi connectivity index (χ0) is 12.3. The van der Waals surface area contributed by atoms with Crippen molar-refractivity contribution in [2.75, 3.05) is 19.0 Å². The molecule has 0 saturated heterocycles. The molecule has 0 radical (unpaired) electrons. The Kier molecular flexibility index (Phi) is 3.28. The van der Waals surface area contributed by atoms with Gasteiger partial charge in [-0.2, -0.15) is 0 Å². The average molecular weight is 227 g/mol. The lowest BCUT2D eigenvalue weighted by Gasteiger charge is -2.11. The molecular formula is C14H17N3. The van der Waals surface area contributed by atoms with Crippen molar-refractivity contribution in [3.8, 4) is 0 Å². The van der Waals surface area contributed by atoms with Gasteiger partial charge in [0.2, 0.25) is 0 Å². The van der Waals surface area contributed by atoms with E-state index in [-0.39, 0.29) is 0 Å². The molecule has 1 aromatic carbocycles. The molecule has 0 aliphatic carbocycles. The molecule has 0 aliphatic rings.